The van der Waals surface area contributed by atoms with Crippen LogP contribution in [0.5, 0.6) is 0 Å². The van der Waals surface area contributed by atoms with Crippen molar-refractivity contribution in [2.24, 2.45) is 5.92 Å². The summed E-state index contributed by atoms with van der Waals surface area (Å²) in [6.07, 6.45) is 0. The summed E-state index contributed by atoms with van der Waals surface area (Å²) in [5, 5.41) is 3.38. The summed E-state index contributed by atoms with van der Waals surface area (Å²) in [6.45, 7) is 7.37. The van der Waals surface area contributed by atoms with E-state index in [4.69, 9.17) is 0 Å². The maximum absolute atomic E-state index is 13.8. The van der Waals surface area contributed by atoms with Crippen LogP contribution in [0.4, 0.5) is 18.9 Å². The molecule has 2 rings (SSSR count). The van der Waals surface area contributed by atoms with E-state index in [1.54, 1.807) is 4.90 Å². The molecule has 0 radical (unpaired) electrons. The van der Waals surface area contributed by atoms with Crippen LogP contribution < -0.4 is 10.2 Å². The van der Waals surface area contributed by atoms with Gasteiger partial charge in [-0.3, -0.25) is 0 Å². The van der Waals surface area contributed by atoms with E-state index in [0.717, 1.165) is 6.07 Å². The molecule has 0 aromatic heterocycles. The summed E-state index contributed by atoms with van der Waals surface area (Å²) < 4.78 is 40.1. The number of rotatable bonds is 2. The van der Waals surface area contributed by atoms with Crippen molar-refractivity contribution in [3.63, 3.8) is 0 Å². The van der Waals surface area contributed by atoms with Crippen molar-refractivity contribution >= 4 is 5.69 Å². The molecule has 2 nitrogen and oxygen atoms in total. The monoisotopic (exact) mass is 272 g/mol. The molecule has 106 valence electrons. The lowest BCUT2D eigenvalue weighted by Gasteiger charge is -2.42. The molecule has 1 aromatic rings. The van der Waals surface area contributed by atoms with Gasteiger partial charge in [0, 0.05) is 37.3 Å². The predicted octanol–water partition coefficient (Wildman–Crippen LogP) is 2.93. The summed E-state index contributed by atoms with van der Waals surface area (Å²) in [5.74, 6) is -2.48. The Hall–Kier alpha value is -1.23. The third-order valence-corrected chi connectivity index (χ3v) is 3.70. The van der Waals surface area contributed by atoms with Gasteiger partial charge in [0.2, 0.25) is 0 Å². The molecule has 1 fully saturated rings. The number of hydrogen-bond acceptors (Lipinski definition) is 2. The van der Waals surface area contributed by atoms with Crippen LogP contribution in [0.15, 0.2) is 12.1 Å². The van der Waals surface area contributed by atoms with Crippen LogP contribution in [0.2, 0.25) is 0 Å². The van der Waals surface area contributed by atoms with Gasteiger partial charge < -0.3 is 10.2 Å². The first kappa shape index (κ1) is 14.2. The zero-order chi connectivity index (χ0) is 14.2. The van der Waals surface area contributed by atoms with Crippen LogP contribution in [0.1, 0.15) is 20.8 Å². The van der Waals surface area contributed by atoms with E-state index in [1.165, 1.54) is 0 Å². The van der Waals surface area contributed by atoms with Gasteiger partial charge in [0.1, 0.15) is 5.82 Å². The Bertz CT molecular complexity index is 462. The zero-order valence-electron chi connectivity index (χ0n) is 11.4. The van der Waals surface area contributed by atoms with E-state index < -0.39 is 17.5 Å². The first-order chi connectivity index (χ1) is 8.90. The Labute approximate surface area is 111 Å². The van der Waals surface area contributed by atoms with Crippen molar-refractivity contribution < 1.29 is 13.2 Å². The van der Waals surface area contributed by atoms with E-state index in [2.05, 4.69) is 19.2 Å². The summed E-state index contributed by atoms with van der Waals surface area (Å²) in [7, 11) is 0. The van der Waals surface area contributed by atoms with E-state index in [1.807, 2.05) is 6.92 Å². The Balaban J connectivity index is 2.31. The minimum Gasteiger partial charge on any atom is -0.364 e. The molecule has 1 aliphatic heterocycles. The van der Waals surface area contributed by atoms with E-state index in [0.29, 0.717) is 25.1 Å². The summed E-state index contributed by atoms with van der Waals surface area (Å²) in [5.41, 5.74) is 0.138. The van der Waals surface area contributed by atoms with Crippen LogP contribution in [-0.4, -0.2) is 25.2 Å². The first-order valence-corrected chi connectivity index (χ1v) is 6.54. The van der Waals surface area contributed by atoms with Crippen LogP contribution >= 0.6 is 0 Å². The second-order valence-corrected chi connectivity index (χ2v) is 5.48. The molecule has 0 saturated carbocycles. The average molecular weight is 272 g/mol. The second-order valence-electron chi connectivity index (χ2n) is 5.48. The van der Waals surface area contributed by atoms with Crippen molar-refractivity contribution in [2.75, 3.05) is 18.0 Å². The topological polar surface area (TPSA) is 15.3 Å². The van der Waals surface area contributed by atoms with Crippen LogP contribution in [-0.2, 0) is 0 Å². The molecule has 1 aromatic carbocycles. The van der Waals surface area contributed by atoms with Gasteiger partial charge in [-0.2, -0.15) is 0 Å². The Kier molecular flexibility index (Phi) is 4.04. The first-order valence-electron chi connectivity index (χ1n) is 6.54. The number of nitrogens with one attached hydrogen (secondary N) is 1. The standard InChI is InChI=1S/C14H19F3N2/c1-8(2)13-7-19(9(3)6-18-13)14-5-11(16)10(15)4-12(14)17/h4-5,8-9,13,18H,6-7H2,1-3H3. The predicted molar refractivity (Wildman–Crippen MR) is 69.8 cm³/mol. The maximum atomic E-state index is 13.8. The van der Waals surface area contributed by atoms with Gasteiger partial charge in [-0.05, 0) is 12.8 Å². The zero-order valence-corrected chi connectivity index (χ0v) is 11.4. The highest BCUT2D eigenvalue weighted by molar-refractivity contribution is 5.50. The molecule has 0 bridgehead atoms. The molecule has 0 aliphatic carbocycles. The molecule has 2 atom stereocenters. The Morgan fingerprint density at radius 3 is 2.42 bits per heavy atom. The molecule has 1 heterocycles. The highest BCUT2D eigenvalue weighted by Gasteiger charge is 2.29. The van der Waals surface area contributed by atoms with Crippen molar-refractivity contribution in [1.29, 1.82) is 0 Å². The lowest BCUT2D eigenvalue weighted by molar-refractivity contribution is 0.334. The fraction of sp³-hybridized carbons (Fsp3) is 0.571. The Morgan fingerprint density at radius 1 is 1.16 bits per heavy atom. The third-order valence-electron chi connectivity index (χ3n) is 3.70. The van der Waals surface area contributed by atoms with Crippen molar-refractivity contribution in [3.8, 4) is 0 Å². The van der Waals surface area contributed by atoms with Crippen molar-refractivity contribution in [1.82, 2.24) is 5.32 Å². The Morgan fingerprint density at radius 2 is 1.79 bits per heavy atom. The highest BCUT2D eigenvalue weighted by Crippen LogP contribution is 2.26. The summed E-state index contributed by atoms with van der Waals surface area (Å²) in [4.78, 5) is 1.80. The van der Waals surface area contributed by atoms with Crippen molar-refractivity contribution in [2.45, 2.75) is 32.9 Å². The smallest absolute Gasteiger partial charge is 0.161 e. The highest BCUT2D eigenvalue weighted by atomic mass is 19.2. The van der Waals surface area contributed by atoms with Gasteiger partial charge >= 0.3 is 0 Å². The number of anilines is 1. The van der Waals surface area contributed by atoms with Gasteiger partial charge in [0.05, 0.1) is 5.69 Å². The maximum Gasteiger partial charge on any atom is 0.161 e. The molecular weight excluding hydrogens is 253 g/mol. The van der Waals surface area contributed by atoms with Gasteiger partial charge in [0.15, 0.2) is 11.6 Å². The molecule has 2 unspecified atom stereocenters. The van der Waals surface area contributed by atoms with Crippen LogP contribution in [0.25, 0.3) is 0 Å². The second kappa shape index (κ2) is 5.41. The fourth-order valence-corrected chi connectivity index (χ4v) is 2.40. The van der Waals surface area contributed by atoms with E-state index in [-0.39, 0.29) is 17.8 Å². The largest absolute Gasteiger partial charge is 0.364 e. The third kappa shape index (κ3) is 2.86. The minimum atomic E-state index is -1.15. The quantitative estimate of drug-likeness (QED) is 0.833. The average Bonchev–Trinajstić information content (AvgIpc) is 2.34. The van der Waals surface area contributed by atoms with Crippen LogP contribution in [0.3, 0.4) is 0 Å². The molecule has 1 aliphatic rings. The number of piperazine rings is 1. The molecule has 5 heteroatoms. The molecule has 0 spiro atoms. The normalized spacial score (nSPS) is 24.1. The van der Waals surface area contributed by atoms with Crippen molar-refractivity contribution in [3.05, 3.63) is 29.6 Å². The van der Waals surface area contributed by atoms with Gasteiger partial charge in [-0.1, -0.05) is 13.8 Å². The lowest BCUT2D eigenvalue weighted by Crippen LogP contribution is -2.57. The fourth-order valence-electron chi connectivity index (χ4n) is 2.40. The van der Waals surface area contributed by atoms with Gasteiger partial charge in [0.25, 0.3) is 0 Å². The number of nitrogens with zero attached hydrogens (tertiary/aromatic N) is 1. The van der Waals surface area contributed by atoms with Gasteiger partial charge in [-0.15, -0.1) is 0 Å². The molecule has 0 amide bonds. The SMILES string of the molecule is CC(C)C1CN(c2cc(F)c(F)cc2F)C(C)CN1. The summed E-state index contributed by atoms with van der Waals surface area (Å²) >= 11 is 0. The van der Waals surface area contributed by atoms with E-state index >= 15 is 0 Å². The molecule has 1 N–H and O–H groups in total. The van der Waals surface area contributed by atoms with Crippen LogP contribution in [0, 0.1) is 23.4 Å². The van der Waals surface area contributed by atoms with E-state index in [9.17, 15) is 13.2 Å². The number of hydrogen-bond donors (Lipinski definition) is 1. The number of halogens is 3. The lowest BCUT2D eigenvalue weighted by atomic mass is 9.99. The van der Waals surface area contributed by atoms with Gasteiger partial charge in [-0.25, -0.2) is 13.2 Å². The number of benzene rings is 1. The summed E-state index contributed by atoms with van der Waals surface area (Å²) in [6, 6.07) is 1.81. The molecular formula is C14H19F3N2. The minimum absolute atomic E-state index is 0.0364. The molecule has 1 saturated heterocycles. The molecule has 19 heavy (non-hydrogen) atoms.